The minimum absolute atomic E-state index is 0.0347. The number of aromatic hydroxyl groups is 2. The lowest BCUT2D eigenvalue weighted by atomic mass is 9.86. The number of esters is 1. The Morgan fingerprint density at radius 2 is 1.86 bits per heavy atom. The van der Waals surface area contributed by atoms with Crippen LogP contribution in [-0.4, -0.2) is 16.2 Å². The smallest absolute Gasteiger partial charge is 0.312 e. The fraction of sp³-hybridized carbons (Fsp3) is 0.0909. The quantitative estimate of drug-likeness (QED) is 0.379. The molecule has 0 spiro atoms. The van der Waals surface area contributed by atoms with Crippen molar-refractivity contribution >= 4 is 28.3 Å². The van der Waals surface area contributed by atoms with Crippen molar-refractivity contribution in [1.29, 1.82) is 0 Å². The SMILES string of the molecule is O=C1CC(c2ccsc2)c2c(cc(O)c3c(=O)c(-c4ccc(O)cc4)coc23)O1. The Morgan fingerprint density at radius 1 is 1.07 bits per heavy atom. The highest BCUT2D eigenvalue weighted by atomic mass is 32.1. The number of phenolic OH excluding ortho intramolecular Hbond substituents is 2. The number of hydrogen-bond acceptors (Lipinski definition) is 7. The fourth-order valence-electron chi connectivity index (χ4n) is 3.73. The normalized spacial score (nSPS) is 15.9. The lowest BCUT2D eigenvalue weighted by Crippen LogP contribution is -2.21. The standard InChI is InChI=1S/C22H14O6S/c23-13-3-1-11(2-4-13)15-9-27-22-19-14(12-5-6-29-10-12)7-18(25)28-17(19)8-16(24)20(22)21(15)26/h1-6,8-10,14,23-24H,7H2. The molecule has 0 bridgehead atoms. The van der Waals surface area contributed by atoms with E-state index in [1.54, 1.807) is 12.1 Å². The predicted molar refractivity (Wildman–Crippen MR) is 108 cm³/mol. The minimum Gasteiger partial charge on any atom is -0.508 e. The summed E-state index contributed by atoms with van der Waals surface area (Å²) in [6.07, 6.45) is 1.45. The van der Waals surface area contributed by atoms with Crippen LogP contribution in [0.25, 0.3) is 22.1 Å². The van der Waals surface area contributed by atoms with Gasteiger partial charge in [-0.15, -0.1) is 0 Å². The first-order chi connectivity index (χ1) is 14.0. The van der Waals surface area contributed by atoms with Gasteiger partial charge in [0, 0.05) is 17.5 Å². The summed E-state index contributed by atoms with van der Waals surface area (Å²) < 4.78 is 11.2. The summed E-state index contributed by atoms with van der Waals surface area (Å²) in [7, 11) is 0. The molecule has 3 heterocycles. The van der Waals surface area contributed by atoms with Crippen molar-refractivity contribution in [3.63, 3.8) is 0 Å². The molecule has 29 heavy (non-hydrogen) atoms. The van der Waals surface area contributed by atoms with Crippen LogP contribution < -0.4 is 10.2 Å². The third-order valence-corrected chi connectivity index (χ3v) is 5.80. The highest BCUT2D eigenvalue weighted by Gasteiger charge is 2.33. The Bertz CT molecular complexity index is 1300. The Kier molecular flexibility index (Phi) is 3.92. The van der Waals surface area contributed by atoms with Gasteiger partial charge in [0.05, 0.1) is 12.0 Å². The Hall–Kier alpha value is -3.58. The summed E-state index contributed by atoms with van der Waals surface area (Å²) in [5.74, 6) is -0.773. The van der Waals surface area contributed by atoms with Crippen LogP contribution in [0.3, 0.4) is 0 Å². The number of rotatable bonds is 2. The van der Waals surface area contributed by atoms with E-state index >= 15 is 0 Å². The largest absolute Gasteiger partial charge is 0.508 e. The van der Waals surface area contributed by atoms with Crippen LogP contribution in [0.15, 0.2) is 62.6 Å². The first kappa shape index (κ1) is 17.5. The molecule has 1 aliphatic rings. The molecule has 1 aliphatic heterocycles. The lowest BCUT2D eigenvalue weighted by molar-refractivity contribution is -0.135. The van der Waals surface area contributed by atoms with Crippen molar-refractivity contribution in [1.82, 2.24) is 0 Å². The summed E-state index contributed by atoms with van der Waals surface area (Å²) in [4.78, 5) is 25.3. The molecule has 0 saturated carbocycles. The Labute approximate surface area is 168 Å². The van der Waals surface area contributed by atoms with Crippen LogP contribution in [0.2, 0.25) is 0 Å². The molecule has 5 rings (SSSR count). The molecule has 1 unspecified atom stereocenters. The number of phenols is 2. The van der Waals surface area contributed by atoms with E-state index in [0.717, 1.165) is 5.56 Å². The summed E-state index contributed by atoms with van der Waals surface area (Å²) >= 11 is 1.51. The maximum atomic E-state index is 13.2. The zero-order valence-electron chi connectivity index (χ0n) is 14.9. The molecule has 7 heteroatoms. The van der Waals surface area contributed by atoms with Gasteiger partial charge in [-0.1, -0.05) is 12.1 Å². The third-order valence-electron chi connectivity index (χ3n) is 5.09. The molecule has 0 fully saturated rings. The molecule has 6 nitrogen and oxygen atoms in total. The summed E-state index contributed by atoms with van der Waals surface area (Å²) in [5, 5.41) is 23.9. The molecule has 4 aromatic rings. The van der Waals surface area contributed by atoms with Crippen LogP contribution in [-0.2, 0) is 4.79 Å². The zero-order valence-corrected chi connectivity index (χ0v) is 15.7. The van der Waals surface area contributed by atoms with Crippen LogP contribution in [0.5, 0.6) is 17.2 Å². The lowest BCUT2D eigenvalue weighted by Gasteiger charge is -2.25. The molecule has 0 saturated heterocycles. The molecule has 1 atom stereocenters. The number of carbonyl (C=O) groups excluding carboxylic acids is 1. The maximum absolute atomic E-state index is 13.2. The van der Waals surface area contributed by atoms with Gasteiger partial charge >= 0.3 is 5.97 Å². The molecule has 2 N–H and O–H groups in total. The molecule has 0 radical (unpaired) electrons. The van der Waals surface area contributed by atoms with E-state index in [1.807, 2.05) is 16.8 Å². The van der Waals surface area contributed by atoms with Crippen molar-refractivity contribution in [2.24, 2.45) is 0 Å². The van der Waals surface area contributed by atoms with Gasteiger partial charge in [0.1, 0.15) is 34.5 Å². The van der Waals surface area contributed by atoms with Crippen LogP contribution >= 0.6 is 11.3 Å². The van der Waals surface area contributed by atoms with Crippen LogP contribution in [0.1, 0.15) is 23.5 Å². The fourth-order valence-corrected chi connectivity index (χ4v) is 4.44. The average Bonchev–Trinajstić information content (AvgIpc) is 3.23. The number of benzene rings is 2. The molecule has 2 aromatic carbocycles. The summed E-state index contributed by atoms with van der Waals surface area (Å²) in [6.45, 7) is 0. The second kappa shape index (κ2) is 6.49. The molecule has 0 aliphatic carbocycles. The van der Waals surface area contributed by atoms with Crippen molar-refractivity contribution in [3.8, 4) is 28.4 Å². The summed E-state index contributed by atoms with van der Waals surface area (Å²) in [6, 6.07) is 9.35. The van der Waals surface area contributed by atoms with Gasteiger partial charge in [0.25, 0.3) is 0 Å². The number of fused-ring (bicyclic) bond motifs is 3. The van der Waals surface area contributed by atoms with Gasteiger partial charge < -0.3 is 19.4 Å². The van der Waals surface area contributed by atoms with Gasteiger partial charge in [0.2, 0.25) is 5.43 Å². The van der Waals surface area contributed by atoms with E-state index in [1.165, 1.54) is 35.8 Å². The topological polar surface area (TPSA) is 97.0 Å². The van der Waals surface area contributed by atoms with Gasteiger partial charge in [-0.3, -0.25) is 9.59 Å². The van der Waals surface area contributed by atoms with Crippen molar-refractivity contribution in [2.45, 2.75) is 12.3 Å². The minimum atomic E-state index is -0.407. The number of hydrogen-bond donors (Lipinski definition) is 2. The molecular weight excluding hydrogens is 392 g/mol. The predicted octanol–water partition coefficient (Wildman–Crippen LogP) is 4.37. The second-order valence-electron chi connectivity index (χ2n) is 6.82. The Morgan fingerprint density at radius 3 is 2.59 bits per heavy atom. The van der Waals surface area contributed by atoms with Gasteiger partial charge in [-0.2, -0.15) is 11.3 Å². The van der Waals surface area contributed by atoms with E-state index in [9.17, 15) is 19.8 Å². The number of carbonyl (C=O) groups is 1. The number of ether oxygens (including phenoxy) is 1. The van der Waals surface area contributed by atoms with E-state index in [4.69, 9.17) is 9.15 Å². The zero-order chi connectivity index (χ0) is 20.1. The highest BCUT2D eigenvalue weighted by Crippen LogP contribution is 2.45. The van der Waals surface area contributed by atoms with E-state index in [2.05, 4.69) is 0 Å². The van der Waals surface area contributed by atoms with Crippen molar-refractivity contribution < 1.29 is 24.2 Å². The van der Waals surface area contributed by atoms with Crippen LogP contribution in [0.4, 0.5) is 0 Å². The van der Waals surface area contributed by atoms with E-state index < -0.39 is 11.4 Å². The molecule has 2 aromatic heterocycles. The molecular formula is C22H14O6S. The van der Waals surface area contributed by atoms with Gasteiger partial charge in [0.15, 0.2) is 0 Å². The summed E-state index contributed by atoms with van der Waals surface area (Å²) in [5.41, 5.74) is 2.11. The second-order valence-corrected chi connectivity index (χ2v) is 7.60. The Balaban J connectivity index is 1.79. The van der Waals surface area contributed by atoms with E-state index in [-0.39, 0.29) is 46.1 Å². The third kappa shape index (κ3) is 2.78. The van der Waals surface area contributed by atoms with Gasteiger partial charge in [-0.05, 0) is 40.1 Å². The maximum Gasteiger partial charge on any atom is 0.312 e. The average molecular weight is 406 g/mol. The molecule has 0 amide bonds. The number of thiophene rings is 1. The van der Waals surface area contributed by atoms with Crippen LogP contribution in [0, 0.1) is 0 Å². The highest BCUT2D eigenvalue weighted by molar-refractivity contribution is 7.08. The van der Waals surface area contributed by atoms with Gasteiger partial charge in [-0.25, -0.2) is 0 Å². The first-order valence-electron chi connectivity index (χ1n) is 8.86. The monoisotopic (exact) mass is 406 g/mol. The van der Waals surface area contributed by atoms with E-state index in [0.29, 0.717) is 11.1 Å². The first-order valence-corrected chi connectivity index (χ1v) is 9.80. The molecule has 144 valence electrons. The van der Waals surface area contributed by atoms with Crippen molar-refractivity contribution in [3.05, 3.63) is 74.8 Å². The van der Waals surface area contributed by atoms with Crippen molar-refractivity contribution in [2.75, 3.05) is 0 Å².